The van der Waals surface area contributed by atoms with Gasteiger partial charge in [-0.15, -0.1) is 0 Å². The summed E-state index contributed by atoms with van der Waals surface area (Å²) in [5.74, 6) is 0.802. The highest BCUT2D eigenvalue weighted by molar-refractivity contribution is 5.99. The van der Waals surface area contributed by atoms with Crippen LogP contribution < -0.4 is 0 Å². The first-order valence-corrected chi connectivity index (χ1v) is 10.5. The van der Waals surface area contributed by atoms with Crippen molar-refractivity contribution < 1.29 is 10.2 Å². The maximum atomic E-state index is 11.4. The van der Waals surface area contributed by atoms with E-state index < -0.39 is 0 Å². The number of rotatable bonds is 0. The van der Waals surface area contributed by atoms with Gasteiger partial charge in [-0.3, -0.25) is 0 Å². The molecule has 144 valence electrons. The molecule has 2 heteroatoms. The van der Waals surface area contributed by atoms with E-state index in [9.17, 15) is 10.2 Å². The number of phenols is 2. The number of aromatic hydroxyl groups is 2. The summed E-state index contributed by atoms with van der Waals surface area (Å²) in [6, 6.07) is 17.1. The smallest absolute Gasteiger partial charge is 0.123 e. The van der Waals surface area contributed by atoms with Crippen molar-refractivity contribution in [3.8, 4) is 11.5 Å². The minimum absolute atomic E-state index is 0.356. The van der Waals surface area contributed by atoms with Crippen LogP contribution in [0, 0.1) is 13.8 Å². The first-order valence-electron chi connectivity index (χ1n) is 10.5. The maximum Gasteiger partial charge on any atom is 0.123 e. The molecule has 0 aliphatic heterocycles. The van der Waals surface area contributed by atoms with Gasteiger partial charge in [0.1, 0.15) is 11.5 Å². The van der Waals surface area contributed by atoms with Crippen molar-refractivity contribution in [1.82, 2.24) is 0 Å². The molecule has 0 amide bonds. The van der Waals surface area contributed by atoms with Gasteiger partial charge in [0, 0.05) is 16.5 Å². The summed E-state index contributed by atoms with van der Waals surface area (Å²) in [7, 11) is 0. The molecule has 29 heavy (non-hydrogen) atoms. The molecule has 0 fully saturated rings. The van der Waals surface area contributed by atoms with Crippen LogP contribution in [0.25, 0.3) is 21.5 Å². The Morgan fingerprint density at radius 2 is 1.14 bits per heavy atom. The van der Waals surface area contributed by atoms with Gasteiger partial charge in [-0.1, -0.05) is 36.4 Å². The van der Waals surface area contributed by atoms with Crippen molar-refractivity contribution in [2.45, 2.75) is 44.9 Å². The largest absolute Gasteiger partial charge is 0.507 e. The highest BCUT2D eigenvalue weighted by atomic mass is 16.3. The Balaban J connectivity index is 1.84. The summed E-state index contributed by atoms with van der Waals surface area (Å²) >= 11 is 0. The van der Waals surface area contributed by atoms with Gasteiger partial charge in [0.15, 0.2) is 0 Å². The van der Waals surface area contributed by atoms with E-state index in [0.29, 0.717) is 11.5 Å². The van der Waals surface area contributed by atoms with Gasteiger partial charge in [0.25, 0.3) is 0 Å². The number of phenolic OH excluding ortho intramolecular Hbond substituents is 2. The highest BCUT2D eigenvalue weighted by Crippen LogP contribution is 2.58. The van der Waals surface area contributed by atoms with Crippen molar-refractivity contribution in [1.29, 1.82) is 0 Å². The van der Waals surface area contributed by atoms with E-state index in [2.05, 4.69) is 48.5 Å². The first kappa shape index (κ1) is 16.9. The van der Waals surface area contributed by atoms with Crippen LogP contribution in [0.4, 0.5) is 0 Å². The number of hydrogen-bond donors (Lipinski definition) is 2. The molecule has 0 saturated carbocycles. The van der Waals surface area contributed by atoms with E-state index in [1.807, 2.05) is 13.8 Å². The molecular weight excluding hydrogens is 356 g/mol. The Kier molecular flexibility index (Phi) is 3.23. The molecule has 2 aliphatic carbocycles. The summed E-state index contributed by atoms with van der Waals surface area (Å²) in [4.78, 5) is 0. The van der Waals surface area contributed by atoms with Gasteiger partial charge in [0.2, 0.25) is 0 Å². The second kappa shape index (κ2) is 5.54. The van der Waals surface area contributed by atoms with Crippen LogP contribution in [0.3, 0.4) is 0 Å². The molecule has 0 radical (unpaired) electrons. The fourth-order valence-corrected chi connectivity index (χ4v) is 6.12. The molecule has 0 aromatic heterocycles. The monoisotopic (exact) mass is 380 g/mol. The molecule has 4 aromatic rings. The molecule has 0 atom stereocenters. The molecule has 1 spiro atoms. The normalized spacial score (nSPS) is 16.6. The third-order valence-electron chi connectivity index (χ3n) is 7.43. The first-order chi connectivity index (χ1) is 14.0. The van der Waals surface area contributed by atoms with Crippen LogP contribution in [0.15, 0.2) is 48.5 Å². The summed E-state index contributed by atoms with van der Waals surface area (Å²) < 4.78 is 0. The number of aryl methyl sites for hydroxylation is 4. The molecule has 0 unspecified atom stereocenters. The zero-order valence-electron chi connectivity index (χ0n) is 16.8. The third kappa shape index (κ3) is 2.02. The number of fused-ring (bicyclic) bond motifs is 2. The van der Waals surface area contributed by atoms with Crippen molar-refractivity contribution >= 4 is 21.5 Å². The average molecular weight is 380 g/mol. The lowest BCUT2D eigenvalue weighted by molar-refractivity contribution is 0.372. The van der Waals surface area contributed by atoms with Crippen LogP contribution in [0.1, 0.15) is 46.2 Å². The van der Waals surface area contributed by atoms with Crippen LogP contribution in [0.2, 0.25) is 0 Å². The lowest BCUT2D eigenvalue weighted by Gasteiger charge is -2.44. The van der Waals surface area contributed by atoms with Crippen molar-refractivity contribution in [3.63, 3.8) is 0 Å². The molecule has 0 heterocycles. The molecule has 4 aromatic carbocycles. The molecule has 0 bridgehead atoms. The topological polar surface area (TPSA) is 40.5 Å². The lowest BCUT2D eigenvalue weighted by Crippen LogP contribution is -2.35. The number of benzene rings is 4. The Bertz CT molecular complexity index is 1240. The van der Waals surface area contributed by atoms with Gasteiger partial charge in [-0.2, -0.15) is 0 Å². The average Bonchev–Trinajstić information content (AvgIpc) is 2.72. The third-order valence-corrected chi connectivity index (χ3v) is 7.43. The van der Waals surface area contributed by atoms with E-state index in [1.165, 1.54) is 32.7 Å². The lowest BCUT2D eigenvalue weighted by atomic mass is 9.59. The van der Waals surface area contributed by atoms with Crippen LogP contribution in [-0.4, -0.2) is 10.2 Å². The Morgan fingerprint density at radius 1 is 0.690 bits per heavy atom. The second-order valence-electron chi connectivity index (χ2n) is 8.95. The minimum atomic E-state index is -0.356. The Labute approximate surface area is 170 Å². The fourth-order valence-electron chi connectivity index (χ4n) is 6.12. The molecule has 0 saturated heterocycles. The SMILES string of the molecule is Cc1cc2cccc3c2c(c1O)C1(CC3)CCc2cccc3cc(C)c(O)c1c23. The molecular formula is C27H24O2. The van der Waals surface area contributed by atoms with E-state index in [4.69, 9.17) is 0 Å². The van der Waals surface area contributed by atoms with Crippen molar-refractivity contribution in [2.24, 2.45) is 0 Å². The molecule has 2 nitrogen and oxygen atoms in total. The molecule has 2 N–H and O–H groups in total. The van der Waals surface area contributed by atoms with Crippen LogP contribution in [0.5, 0.6) is 11.5 Å². The van der Waals surface area contributed by atoms with Gasteiger partial charge in [-0.25, -0.2) is 0 Å². The van der Waals surface area contributed by atoms with Crippen molar-refractivity contribution in [2.75, 3.05) is 0 Å². The predicted molar refractivity (Wildman–Crippen MR) is 118 cm³/mol. The Morgan fingerprint density at radius 3 is 1.59 bits per heavy atom. The number of hydrogen-bond acceptors (Lipinski definition) is 2. The zero-order chi connectivity index (χ0) is 19.9. The maximum absolute atomic E-state index is 11.4. The summed E-state index contributed by atoms with van der Waals surface area (Å²) in [6.07, 6.45) is 3.75. The summed E-state index contributed by atoms with van der Waals surface area (Å²) in [5, 5.41) is 27.5. The fraction of sp³-hybridized carbons (Fsp3) is 0.259. The van der Waals surface area contributed by atoms with Gasteiger partial charge in [0.05, 0.1) is 0 Å². The Hall–Kier alpha value is -3.00. The van der Waals surface area contributed by atoms with E-state index in [-0.39, 0.29) is 5.41 Å². The van der Waals surface area contributed by atoms with Gasteiger partial charge < -0.3 is 10.2 Å². The van der Waals surface area contributed by atoms with E-state index in [1.54, 1.807) is 0 Å². The van der Waals surface area contributed by atoms with Crippen LogP contribution >= 0.6 is 0 Å². The quantitative estimate of drug-likeness (QED) is 0.381. The van der Waals surface area contributed by atoms with E-state index in [0.717, 1.165) is 47.9 Å². The van der Waals surface area contributed by atoms with Crippen molar-refractivity contribution in [3.05, 3.63) is 81.9 Å². The summed E-state index contributed by atoms with van der Waals surface area (Å²) in [5.41, 5.74) is 6.14. The van der Waals surface area contributed by atoms with Crippen LogP contribution in [-0.2, 0) is 18.3 Å². The predicted octanol–water partition coefficient (Wildman–Crippen LogP) is 6.20. The molecule has 6 rings (SSSR count). The van der Waals surface area contributed by atoms with Gasteiger partial charge in [-0.05, 0) is 95.5 Å². The molecule has 2 aliphatic rings. The zero-order valence-corrected chi connectivity index (χ0v) is 16.8. The second-order valence-corrected chi connectivity index (χ2v) is 8.95. The standard InChI is InChI=1S/C27H24O2/c1-15-13-19-7-3-5-17-9-11-27(23(21(17)19)25(15)28)12-10-18-6-4-8-20-14-16(2)26(29)24(27)22(18)20/h3-8,13-14,28-29H,9-12H2,1-2H3. The van der Waals surface area contributed by atoms with Gasteiger partial charge >= 0.3 is 0 Å². The minimum Gasteiger partial charge on any atom is -0.507 e. The highest BCUT2D eigenvalue weighted by Gasteiger charge is 2.46. The summed E-state index contributed by atoms with van der Waals surface area (Å²) in [6.45, 7) is 3.98. The van der Waals surface area contributed by atoms with E-state index >= 15 is 0 Å².